The van der Waals surface area contributed by atoms with Crippen LogP contribution in [0.2, 0.25) is 10.1 Å². The van der Waals surface area contributed by atoms with Crippen LogP contribution in [-0.2, 0) is 0 Å². The van der Waals surface area contributed by atoms with Crippen molar-refractivity contribution in [2.75, 3.05) is 6.61 Å². The molecule has 1 aliphatic rings. The van der Waals surface area contributed by atoms with Crippen LogP contribution in [0, 0.1) is 0 Å². The van der Waals surface area contributed by atoms with Crippen molar-refractivity contribution in [2.24, 2.45) is 0 Å². The zero-order chi connectivity index (χ0) is 8.43. The first-order valence-electron chi connectivity index (χ1n) is 3.43. The van der Waals surface area contributed by atoms with Crippen LogP contribution in [0.4, 0.5) is 0 Å². The molecule has 1 fully saturated rings. The molecule has 11 heavy (non-hydrogen) atoms. The minimum atomic E-state index is -1.08. The summed E-state index contributed by atoms with van der Waals surface area (Å²) in [5.41, 5.74) is 0. The van der Waals surface area contributed by atoms with Gasteiger partial charge in [0.25, 0.3) is 0 Å². The molecule has 0 bridgehead atoms. The fourth-order valence-corrected chi connectivity index (χ4v) is 3.35. The number of hydrogen-bond acceptors (Lipinski definition) is 4. The molecule has 4 N–H and O–H groups in total. The van der Waals surface area contributed by atoms with Gasteiger partial charge >= 0.3 is 70.4 Å². The second-order valence-corrected chi connectivity index (χ2v) is 5.27. The maximum absolute atomic E-state index is 9.25. The molecule has 5 heteroatoms. The van der Waals surface area contributed by atoms with Gasteiger partial charge in [0.15, 0.2) is 0 Å². The van der Waals surface area contributed by atoms with Crippen LogP contribution < -0.4 is 0 Å². The van der Waals surface area contributed by atoms with E-state index in [1.165, 1.54) is 0 Å². The molecular formula is C6H12O4Se. The van der Waals surface area contributed by atoms with Crippen molar-refractivity contribution in [3.63, 3.8) is 0 Å². The first kappa shape index (κ1) is 9.45. The molecule has 1 heterocycles. The van der Waals surface area contributed by atoms with E-state index in [2.05, 4.69) is 0 Å². The van der Waals surface area contributed by atoms with E-state index in [1.54, 1.807) is 0 Å². The second kappa shape index (κ2) is 3.85. The molecular weight excluding hydrogens is 215 g/mol. The summed E-state index contributed by atoms with van der Waals surface area (Å²) in [7, 11) is 0. The third-order valence-corrected chi connectivity index (χ3v) is 4.70. The Kier molecular flexibility index (Phi) is 3.30. The average molecular weight is 227 g/mol. The Balaban J connectivity index is 2.52. The summed E-state index contributed by atoms with van der Waals surface area (Å²) >= 11 is 0.0345. The molecule has 1 aliphatic heterocycles. The normalized spacial score (nSPS) is 45.8. The van der Waals surface area contributed by atoms with E-state index in [0.717, 1.165) is 0 Å². The van der Waals surface area contributed by atoms with Crippen molar-refractivity contribution in [1.29, 1.82) is 0 Å². The minimum absolute atomic E-state index is 0.0345. The van der Waals surface area contributed by atoms with Crippen LogP contribution in [0.25, 0.3) is 0 Å². The summed E-state index contributed by atoms with van der Waals surface area (Å²) in [5.74, 6) is 0. The van der Waals surface area contributed by atoms with E-state index in [0.29, 0.717) is 5.32 Å². The first-order chi connectivity index (χ1) is 5.16. The van der Waals surface area contributed by atoms with E-state index in [9.17, 15) is 5.11 Å². The van der Waals surface area contributed by atoms with Gasteiger partial charge in [-0.1, -0.05) is 0 Å². The predicted octanol–water partition coefficient (Wildman–Crippen LogP) is -2.01. The van der Waals surface area contributed by atoms with Gasteiger partial charge in [-0.25, -0.2) is 0 Å². The molecule has 2 unspecified atom stereocenters. The molecule has 4 atom stereocenters. The van der Waals surface area contributed by atoms with Gasteiger partial charge in [0.05, 0.1) is 0 Å². The van der Waals surface area contributed by atoms with Gasteiger partial charge in [0.1, 0.15) is 0 Å². The van der Waals surface area contributed by atoms with Crippen LogP contribution in [0.3, 0.4) is 0 Å². The molecule has 1 saturated heterocycles. The Morgan fingerprint density at radius 1 is 1.18 bits per heavy atom. The van der Waals surface area contributed by atoms with Gasteiger partial charge < -0.3 is 0 Å². The summed E-state index contributed by atoms with van der Waals surface area (Å²) in [5, 5.41) is 36.7. The summed E-state index contributed by atoms with van der Waals surface area (Å²) in [4.78, 5) is -0.221. The predicted molar refractivity (Wildman–Crippen MR) is 39.4 cm³/mol. The molecule has 4 nitrogen and oxygen atoms in total. The summed E-state index contributed by atoms with van der Waals surface area (Å²) < 4.78 is 0. The van der Waals surface area contributed by atoms with E-state index in [-0.39, 0.29) is 26.4 Å². The van der Waals surface area contributed by atoms with Gasteiger partial charge in [-0.15, -0.1) is 0 Å². The van der Waals surface area contributed by atoms with E-state index in [1.807, 2.05) is 0 Å². The molecule has 0 saturated carbocycles. The van der Waals surface area contributed by atoms with Crippen LogP contribution >= 0.6 is 0 Å². The van der Waals surface area contributed by atoms with Gasteiger partial charge in [-0.05, 0) is 0 Å². The third kappa shape index (κ3) is 1.93. The average Bonchev–Trinajstić information content (AvgIpc) is 2.01. The van der Waals surface area contributed by atoms with Crippen LogP contribution in [0.5, 0.6) is 0 Å². The van der Waals surface area contributed by atoms with Gasteiger partial charge in [0, 0.05) is 0 Å². The molecule has 0 aliphatic carbocycles. The molecule has 0 aromatic rings. The van der Waals surface area contributed by atoms with Crippen molar-refractivity contribution >= 4 is 15.0 Å². The molecule has 66 valence electrons. The zero-order valence-corrected chi connectivity index (χ0v) is 7.63. The van der Waals surface area contributed by atoms with Gasteiger partial charge in [-0.3, -0.25) is 0 Å². The van der Waals surface area contributed by atoms with Crippen molar-refractivity contribution < 1.29 is 20.4 Å². The Morgan fingerprint density at radius 2 is 1.82 bits per heavy atom. The van der Waals surface area contributed by atoms with Crippen LogP contribution in [-0.4, -0.2) is 60.3 Å². The number of rotatable bonds is 1. The molecule has 0 aromatic heterocycles. The van der Waals surface area contributed by atoms with E-state index < -0.39 is 18.3 Å². The van der Waals surface area contributed by atoms with Crippen molar-refractivity contribution in [3.05, 3.63) is 0 Å². The first-order valence-corrected chi connectivity index (χ1v) is 5.63. The SMILES string of the molecule is OCC1[Se]C[C@@H](O)C(O)[C@@H]1O. The van der Waals surface area contributed by atoms with E-state index >= 15 is 0 Å². The topological polar surface area (TPSA) is 80.9 Å². The Morgan fingerprint density at radius 3 is 2.36 bits per heavy atom. The van der Waals surface area contributed by atoms with Crippen molar-refractivity contribution in [2.45, 2.75) is 28.4 Å². The van der Waals surface area contributed by atoms with Gasteiger partial charge in [0.2, 0.25) is 0 Å². The molecule has 0 radical (unpaired) electrons. The Labute approximate surface area is 71.0 Å². The standard InChI is InChI=1S/C6H12O4Se/c7-1-4-6(10)5(9)3(8)2-11-4/h3-10H,1-2H2/t3-,4?,5?,6-/m1/s1. The second-order valence-electron chi connectivity index (χ2n) is 2.60. The number of aliphatic hydroxyl groups excluding tert-OH is 4. The van der Waals surface area contributed by atoms with Crippen molar-refractivity contribution in [1.82, 2.24) is 0 Å². The summed E-state index contributed by atoms with van der Waals surface area (Å²) in [6.45, 7) is -0.106. The Hall–Kier alpha value is 0.359. The fraction of sp³-hybridized carbons (Fsp3) is 1.00. The Bertz CT molecular complexity index is 130. The summed E-state index contributed by atoms with van der Waals surface area (Å²) in [6, 6.07) is 0. The third-order valence-electron chi connectivity index (χ3n) is 1.79. The van der Waals surface area contributed by atoms with Crippen LogP contribution in [0.1, 0.15) is 0 Å². The molecule has 0 aromatic carbocycles. The van der Waals surface area contributed by atoms with Gasteiger partial charge in [-0.2, -0.15) is 0 Å². The van der Waals surface area contributed by atoms with Crippen LogP contribution in [0.15, 0.2) is 0 Å². The quantitative estimate of drug-likeness (QED) is 0.390. The molecule has 1 rings (SSSR count). The molecule has 0 spiro atoms. The van der Waals surface area contributed by atoms with E-state index in [4.69, 9.17) is 15.3 Å². The zero-order valence-electron chi connectivity index (χ0n) is 5.92. The summed E-state index contributed by atoms with van der Waals surface area (Å²) in [6.07, 6.45) is -2.85. The monoisotopic (exact) mass is 228 g/mol. The number of hydrogen-bond donors (Lipinski definition) is 4. The van der Waals surface area contributed by atoms with Crippen molar-refractivity contribution in [3.8, 4) is 0 Å². The fourth-order valence-electron chi connectivity index (χ4n) is 1.03. The molecule has 0 amide bonds. The number of aliphatic hydroxyl groups is 4. The maximum atomic E-state index is 9.25.